The van der Waals surface area contributed by atoms with Crippen LogP contribution in [0.4, 0.5) is 0 Å². The van der Waals surface area contributed by atoms with Crippen molar-refractivity contribution in [2.45, 2.75) is 32.7 Å². The van der Waals surface area contributed by atoms with E-state index in [9.17, 15) is 9.59 Å². The average Bonchev–Trinajstić information content (AvgIpc) is 2.27. The van der Waals surface area contributed by atoms with Crippen LogP contribution in [0.3, 0.4) is 0 Å². The number of alkyl halides is 1. The van der Waals surface area contributed by atoms with Crippen molar-refractivity contribution in [1.29, 1.82) is 0 Å². The maximum atomic E-state index is 11.8. The second-order valence-corrected chi connectivity index (χ2v) is 4.66. The molecule has 1 aliphatic rings. The zero-order valence-electron chi connectivity index (χ0n) is 9.83. The fraction of sp³-hybridized carbons (Fsp3) is 0.818. The molecule has 1 atom stereocenters. The van der Waals surface area contributed by atoms with Crippen LogP contribution in [0.5, 0.6) is 0 Å². The highest BCUT2D eigenvalue weighted by Gasteiger charge is 2.25. The van der Waals surface area contributed by atoms with Gasteiger partial charge in [0, 0.05) is 37.9 Å². The molecular formula is C11H19ClN2O2. The molecule has 1 saturated heterocycles. The first-order valence-electron chi connectivity index (χ1n) is 5.66. The Kier molecular flexibility index (Phi) is 5.06. The molecule has 1 heterocycles. The lowest BCUT2D eigenvalue weighted by Crippen LogP contribution is -2.47. The highest BCUT2D eigenvalue weighted by molar-refractivity contribution is 6.19. The van der Waals surface area contributed by atoms with Crippen molar-refractivity contribution in [1.82, 2.24) is 10.2 Å². The van der Waals surface area contributed by atoms with Gasteiger partial charge in [-0.1, -0.05) is 6.92 Å². The van der Waals surface area contributed by atoms with Crippen molar-refractivity contribution in [2.75, 3.05) is 19.0 Å². The molecule has 5 heteroatoms. The molecule has 1 rings (SSSR count). The maximum absolute atomic E-state index is 11.8. The first-order chi connectivity index (χ1) is 7.54. The van der Waals surface area contributed by atoms with Crippen LogP contribution < -0.4 is 5.32 Å². The zero-order valence-corrected chi connectivity index (χ0v) is 10.6. The van der Waals surface area contributed by atoms with Crippen molar-refractivity contribution in [3.05, 3.63) is 0 Å². The van der Waals surface area contributed by atoms with Crippen LogP contribution in [-0.4, -0.2) is 41.7 Å². The van der Waals surface area contributed by atoms with Gasteiger partial charge in [-0.05, 0) is 12.8 Å². The Bertz CT molecular complexity index is 263. The van der Waals surface area contributed by atoms with E-state index in [1.165, 1.54) is 6.92 Å². The third kappa shape index (κ3) is 3.67. The lowest BCUT2D eigenvalue weighted by molar-refractivity contribution is -0.135. The van der Waals surface area contributed by atoms with Gasteiger partial charge < -0.3 is 10.2 Å². The van der Waals surface area contributed by atoms with Crippen LogP contribution in [0.2, 0.25) is 0 Å². The summed E-state index contributed by atoms with van der Waals surface area (Å²) in [5.41, 5.74) is 0. The highest BCUT2D eigenvalue weighted by atomic mass is 35.5. The minimum Gasteiger partial charge on any atom is -0.353 e. The summed E-state index contributed by atoms with van der Waals surface area (Å²) in [6.07, 6.45) is 1.67. The summed E-state index contributed by atoms with van der Waals surface area (Å²) in [5, 5.41) is 2.88. The molecule has 0 aromatic rings. The Morgan fingerprint density at radius 3 is 2.44 bits per heavy atom. The summed E-state index contributed by atoms with van der Waals surface area (Å²) in [5.74, 6) is 0.374. The van der Waals surface area contributed by atoms with Gasteiger partial charge in [0.05, 0.1) is 0 Å². The molecule has 0 radical (unpaired) electrons. The van der Waals surface area contributed by atoms with E-state index in [0.29, 0.717) is 19.0 Å². The number of hydrogen-bond acceptors (Lipinski definition) is 2. The standard InChI is InChI=1S/C11H19ClN2O2/c1-8(7-12)11(16)14-5-3-10(4-6-14)13-9(2)15/h8,10H,3-7H2,1-2H3,(H,13,15). The molecular weight excluding hydrogens is 228 g/mol. The van der Waals surface area contributed by atoms with Crippen molar-refractivity contribution >= 4 is 23.4 Å². The summed E-state index contributed by atoms with van der Waals surface area (Å²) in [7, 11) is 0. The van der Waals surface area contributed by atoms with Gasteiger partial charge in [-0.3, -0.25) is 9.59 Å². The number of nitrogens with zero attached hydrogens (tertiary/aromatic N) is 1. The van der Waals surface area contributed by atoms with E-state index < -0.39 is 0 Å². The smallest absolute Gasteiger partial charge is 0.226 e. The summed E-state index contributed by atoms with van der Waals surface area (Å²) in [6, 6.07) is 0.216. The van der Waals surface area contributed by atoms with Gasteiger partial charge in [-0.25, -0.2) is 0 Å². The normalized spacial score (nSPS) is 19.3. The van der Waals surface area contributed by atoms with Crippen LogP contribution in [0, 0.1) is 5.92 Å². The summed E-state index contributed by atoms with van der Waals surface area (Å²) >= 11 is 5.66. The number of piperidine rings is 1. The molecule has 1 aliphatic heterocycles. The maximum Gasteiger partial charge on any atom is 0.226 e. The van der Waals surface area contributed by atoms with E-state index in [2.05, 4.69) is 5.32 Å². The molecule has 16 heavy (non-hydrogen) atoms. The van der Waals surface area contributed by atoms with Crippen molar-refractivity contribution in [3.8, 4) is 0 Å². The van der Waals surface area contributed by atoms with Gasteiger partial charge in [-0.2, -0.15) is 0 Å². The average molecular weight is 247 g/mol. The monoisotopic (exact) mass is 246 g/mol. The van der Waals surface area contributed by atoms with Gasteiger partial charge in [0.15, 0.2) is 0 Å². The second-order valence-electron chi connectivity index (χ2n) is 4.36. The SMILES string of the molecule is CC(=O)NC1CCN(C(=O)C(C)CCl)CC1. The van der Waals surface area contributed by atoms with E-state index in [1.807, 2.05) is 11.8 Å². The third-order valence-corrected chi connectivity index (χ3v) is 3.33. The molecule has 1 fully saturated rings. The van der Waals surface area contributed by atoms with Crippen molar-refractivity contribution < 1.29 is 9.59 Å². The first-order valence-corrected chi connectivity index (χ1v) is 6.20. The largest absolute Gasteiger partial charge is 0.353 e. The lowest BCUT2D eigenvalue weighted by Gasteiger charge is -2.33. The Balaban J connectivity index is 2.37. The van der Waals surface area contributed by atoms with Crippen LogP contribution in [-0.2, 0) is 9.59 Å². The van der Waals surface area contributed by atoms with E-state index >= 15 is 0 Å². The number of rotatable bonds is 3. The summed E-state index contributed by atoms with van der Waals surface area (Å²) in [6.45, 7) is 4.79. The Morgan fingerprint density at radius 1 is 1.44 bits per heavy atom. The van der Waals surface area contributed by atoms with Crippen LogP contribution >= 0.6 is 11.6 Å². The lowest BCUT2D eigenvalue weighted by atomic mass is 10.0. The predicted octanol–water partition coefficient (Wildman–Crippen LogP) is 0.988. The molecule has 4 nitrogen and oxygen atoms in total. The number of halogens is 1. The number of nitrogens with one attached hydrogen (secondary N) is 1. The van der Waals surface area contributed by atoms with E-state index in [4.69, 9.17) is 11.6 Å². The molecule has 0 aromatic heterocycles. The molecule has 0 aliphatic carbocycles. The third-order valence-electron chi connectivity index (χ3n) is 2.87. The number of likely N-dealkylation sites (tertiary alicyclic amines) is 1. The van der Waals surface area contributed by atoms with Crippen LogP contribution in [0.1, 0.15) is 26.7 Å². The Morgan fingerprint density at radius 2 is 2.00 bits per heavy atom. The molecule has 92 valence electrons. The van der Waals surface area contributed by atoms with Crippen LogP contribution in [0.15, 0.2) is 0 Å². The summed E-state index contributed by atoms with van der Waals surface area (Å²) in [4.78, 5) is 24.5. The van der Waals surface area contributed by atoms with E-state index in [0.717, 1.165) is 12.8 Å². The van der Waals surface area contributed by atoms with Gasteiger partial charge in [0.2, 0.25) is 11.8 Å². The number of carbonyl (C=O) groups is 2. The topological polar surface area (TPSA) is 49.4 Å². The minimum atomic E-state index is -0.112. The fourth-order valence-electron chi connectivity index (χ4n) is 1.91. The van der Waals surface area contributed by atoms with Crippen molar-refractivity contribution in [3.63, 3.8) is 0 Å². The predicted molar refractivity (Wildman–Crippen MR) is 63.3 cm³/mol. The fourth-order valence-corrected chi connectivity index (χ4v) is 2.04. The van der Waals surface area contributed by atoms with Gasteiger partial charge in [0.25, 0.3) is 0 Å². The number of carbonyl (C=O) groups excluding carboxylic acids is 2. The van der Waals surface area contributed by atoms with Crippen LogP contribution in [0.25, 0.3) is 0 Å². The van der Waals surface area contributed by atoms with Gasteiger partial charge >= 0.3 is 0 Å². The van der Waals surface area contributed by atoms with Crippen molar-refractivity contribution in [2.24, 2.45) is 5.92 Å². The van der Waals surface area contributed by atoms with Gasteiger partial charge in [-0.15, -0.1) is 11.6 Å². The molecule has 0 spiro atoms. The quantitative estimate of drug-likeness (QED) is 0.755. The Hall–Kier alpha value is -0.770. The molecule has 0 bridgehead atoms. The number of amides is 2. The number of hydrogen-bond donors (Lipinski definition) is 1. The molecule has 0 aromatic carbocycles. The Labute approximate surface area is 101 Å². The van der Waals surface area contributed by atoms with E-state index in [1.54, 1.807) is 0 Å². The zero-order chi connectivity index (χ0) is 12.1. The molecule has 2 amide bonds. The summed E-state index contributed by atoms with van der Waals surface area (Å²) < 4.78 is 0. The molecule has 0 saturated carbocycles. The second kappa shape index (κ2) is 6.09. The molecule has 1 unspecified atom stereocenters. The van der Waals surface area contributed by atoms with Gasteiger partial charge in [0.1, 0.15) is 0 Å². The van der Waals surface area contributed by atoms with E-state index in [-0.39, 0.29) is 23.8 Å². The highest BCUT2D eigenvalue weighted by Crippen LogP contribution is 2.14. The first kappa shape index (κ1) is 13.3. The molecule has 1 N–H and O–H groups in total. The minimum absolute atomic E-state index is 0.00102.